The summed E-state index contributed by atoms with van der Waals surface area (Å²) in [4.78, 5) is 12.8. The molecule has 4 fully saturated rings. The van der Waals surface area contributed by atoms with Crippen LogP contribution >= 0.6 is 0 Å². The van der Waals surface area contributed by atoms with Gasteiger partial charge in [0.25, 0.3) is 0 Å². The number of fused-ring (bicyclic) bond motifs is 7. The minimum Gasteiger partial charge on any atom is -0.481 e. The highest BCUT2D eigenvalue weighted by atomic mass is 16.4. The Morgan fingerprint density at radius 3 is 2.17 bits per heavy atom. The molecule has 0 spiro atoms. The van der Waals surface area contributed by atoms with Crippen molar-refractivity contribution in [2.75, 3.05) is 6.61 Å². The van der Waals surface area contributed by atoms with Crippen molar-refractivity contribution in [3.8, 4) is 0 Å². The van der Waals surface area contributed by atoms with E-state index in [1.54, 1.807) is 0 Å². The molecule has 0 aliphatic heterocycles. The Kier molecular flexibility index (Phi) is 5.77. The zero-order valence-corrected chi connectivity index (χ0v) is 23.0. The van der Waals surface area contributed by atoms with Gasteiger partial charge in [-0.2, -0.15) is 0 Å². The predicted molar refractivity (Wildman–Crippen MR) is 137 cm³/mol. The molecule has 204 valence electrons. The summed E-state index contributed by atoms with van der Waals surface area (Å²) in [6, 6.07) is 0. The van der Waals surface area contributed by atoms with Gasteiger partial charge in [0.2, 0.25) is 0 Å². The van der Waals surface area contributed by atoms with Gasteiger partial charge in [0.1, 0.15) is 0 Å². The van der Waals surface area contributed by atoms with E-state index < -0.39 is 40.5 Å². The number of aliphatic hydroxyl groups excluding tert-OH is 4. The van der Waals surface area contributed by atoms with Crippen LogP contribution in [0.25, 0.3) is 0 Å². The minimum atomic E-state index is -1.08. The average molecular weight is 505 g/mol. The second-order valence-electron chi connectivity index (χ2n) is 15.2. The van der Waals surface area contributed by atoms with Gasteiger partial charge in [0, 0.05) is 11.3 Å². The van der Waals surface area contributed by atoms with E-state index in [1.807, 2.05) is 6.92 Å². The second-order valence-corrected chi connectivity index (χ2v) is 15.2. The van der Waals surface area contributed by atoms with Gasteiger partial charge in [-0.25, -0.2) is 0 Å². The summed E-state index contributed by atoms with van der Waals surface area (Å²) < 4.78 is 0. The number of hydrogen-bond acceptors (Lipinski definition) is 5. The number of carboxylic acid groups (broad SMARTS) is 1. The Hall–Kier alpha value is -0.950. The number of allylic oxidation sites excluding steroid dienone is 2. The largest absolute Gasteiger partial charge is 0.481 e. The molecule has 5 aliphatic rings. The van der Waals surface area contributed by atoms with E-state index >= 15 is 0 Å². The normalized spacial score (nSPS) is 55.9. The molecule has 11 atom stereocenters. The van der Waals surface area contributed by atoms with Crippen molar-refractivity contribution >= 4 is 5.97 Å². The van der Waals surface area contributed by atoms with Gasteiger partial charge < -0.3 is 25.5 Å². The van der Waals surface area contributed by atoms with Crippen molar-refractivity contribution in [2.24, 2.45) is 50.2 Å². The molecule has 5 rings (SSSR count). The molecule has 0 aromatic rings. The Bertz CT molecular complexity index is 974. The molecule has 0 radical (unpaired) electrons. The van der Waals surface area contributed by atoms with E-state index in [0.717, 1.165) is 32.1 Å². The van der Waals surface area contributed by atoms with Crippen LogP contribution in [0.5, 0.6) is 0 Å². The van der Waals surface area contributed by atoms with Crippen molar-refractivity contribution in [1.82, 2.24) is 0 Å². The molecule has 5 N–H and O–H groups in total. The van der Waals surface area contributed by atoms with Gasteiger partial charge in [0.05, 0.1) is 30.3 Å². The topological polar surface area (TPSA) is 118 Å². The van der Waals surface area contributed by atoms with E-state index in [2.05, 4.69) is 40.7 Å². The quantitative estimate of drug-likeness (QED) is 0.361. The summed E-state index contributed by atoms with van der Waals surface area (Å²) in [5.41, 5.74) is -1.32. The van der Waals surface area contributed by atoms with Crippen LogP contribution in [0, 0.1) is 50.2 Å². The highest BCUT2D eigenvalue weighted by molar-refractivity contribution is 5.76. The molecule has 4 saturated carbocycles. The maximum Gasteiger partial charge on any atom is 0.310 e. The molecule has 0 aromatic heterocycles. The van der Waals surface area contributed by atoms with Gasteiger partial charge in [-0.15, -0.1) is 0 Å². The van der Waals surface area contributed by atoms with Gasteiger partial charge in [0.15, 0.2) is 0 Å². The molecular formula is C30H48O6. The zero-order valence-electron chi connectivity index (χ0n) is 23.0. The summed E-state index contributed by atoms with van der Waals surface area (Å²) in [5, 5.41) is 54.6. The molecule has 0 saturated heterocycles. The average Bonchev–Trinajstić information content (AvgIpc) is 2.77. The van der Waals surface area contributed by atoms with Crippen LogP contribution in [0.15, 0.2) is 11.6 Å². The molecule has 0 aromatic carbocycles. The van der Waals surface area contributed by atoms with Crippen LogP contribution < -0.4 is 0 Å². The molecule has 0 bridgehead atoms. The van der Waals surface area contributed by atoms with Crippen molar-refractivity contribution < 1.29 is 30.3 Å². The first-order valence-corrected chi connectivity index (χ1v) is 14.1. The lowest BCUT2D eigenvalue weighted by molar-refractivity contribution is -0.273. The second kappa shape index (κ2) is 7.80. The molecule has 6 heteroatoms. The third-order valence-electron chi connectivity index (χ3n) is 13.0. The number of rotatable bonds is 2. The molecule has 36 heavy (non-hydrogen) atoms. The van der Waals surface area contributed by atoms with Crippen LogP contribution in [-0.4, -0.2) is 56.4 Å². The Balaban J connectivity index is 1.64. The molecule has 0 heterocycles. The fourth-order valence-electron chi connectivity index (χ4n) is 10.9. The Morgan fingerprint density at radius 2 is 1.56 bits per heavy atom. The summed E-state index contributed by atoms with van der Waals surface area (Å²) in [6.07, 6.45) is 5.27. The highest BCUT2D eigenvalue weighted by Gasteiger charge is 2.72. The molecule has 0 amide bonds. The fraction of sp³-hybridized carbons (Fsp3) is 0.900. The van der Waals surface area contributed by atoms with Crippen molar-refractivity contribution in [2.45, 2.75) is 111 Å². The minimum absolute atomic E-state index is 0.000534. The highest BCUT2D eigenvalue weighted by Crippen LogP contribution is 2.75. The lowest BCUT2D eigenvalue weighted by atomic mass is 9.33. The monoisotopic (exact) mass is 504 g/mol. The predicted octanol–water partition coefficient (Wildman–Crippen LogP) is 4.15. The summed E-state index contributed by atoms with van der Waals surface area (Å²) >= 11 is 0. The smallest absolute Gasteiger partial charge is 0.310 e. The van der Waals surface area contributed by atoms with Crippen molar-refractivity contribution in [3.63, 3.8) is 0 Å². The molecule has 2 unspecified atom stereocenters. The maximum atomic E-state index is 12.8. The first-order valence-electron chi connectivity index (χ1n) is 14.1. The van der Waals surface area contributed by atoms with Crippen LogP contribution in [0.4, 0.5) is 0 Å². The standard InChI is InChI=1S/C30H48O6/c1-25(2)9-11-30(24(35)36)12-10-28(5)17(18(30)13-25)7-8-21-26(3)14-20(33)23(34)27(4,16-31)22(26)19(32)15-29(21,28)6/h7,18-23,31-34H,8-16H2,1-6H3,(H,35,36)/t18-,19?,20+,21-,22?,23+,26-,27+,28-,29-,30+/m1/s1. The summed E-state index contributed by atoms with van der Waals surface area (Å²) in [6.45, 7) is 12.8. The first-order chi connectivity index (χ1) is 16.5. The van der Waals surface area contributed by atoms with Crippen LogP contribution in [0.3, 0.4) is 0 Å². The fourth-order valence-corrected chi connectivity index (χ4v) is 10.9. The van der Waals surface area contributed by atoms with Crippen LogP contribution in [0.1, 0.15) is 92.9 Å². The molecular weight excluding hydrogens is 456 g/mol. The third kappa shape index (κ3) is 3.08. The number of carbonyl (C=O) groups is 1. The van der Waals surface area contributed by atoms with E-state index in [0.29, 0.717) is 19.3 Å². The maximum absolute atomic E-state index is 12.8. The van der Waals surface area contributed by atoms with E-state index in [-0.39, 0.29) is 40.6 Å². The Labute approximate surface area is 216 Å². The van der Waals surface area contributed by atoms with Gasteiger partial charge >= 0.3 is 5.97 Å². The van der Waals surface area contributed by atoms with Gasteiger partial charge in [-0.05, 0) is 84.9 Å². The van der Waals surface area contributed by atoms with Crippen molar-refractivity contribution in [3.05, 3.63) is 11.6 Å². The number of aliphatic carboxylic acids is 1. The third-order valence-corrected chi connectivity index (χ3v) is 13.0. The molecule has 6 nitrogen and oxygen atoms in total. The van der Waals surface area contributed by atoms with Crippen LogP contribution in [0.2, 0.25) is 0 Å². The zero-order chi connectivity index (χ0) is 26.7. The lowest BCUT2D eigenvalue weighted by Gasteiger charge is -2.72. The SMILES string of the molecule is CC1(C)CC[C@]2(C(=O)O)CC[C@]3(C)C(=CC[C@@H]4[C@@]5(C)C[C@H](O)[C@H](O)[C@@](C)(CO)C5C(O)C[C@]43C)[C@H]2C1. The summed E-state index contributed by atoms with van der Waals surface area (Å²) in [5.74, 6) is -0.842. The number of hydrogen-bond donors (Lipinski definition) is 5. The summed E-state index contributed by atoms with van der Waals surface area (Å²) in [7, 11) is 0. The van der Waals surface area contributed by atoms with E-state index in [9.17, 15) is 30.3 Å². The molecule has 5 aliphatic carbocycles. The number of carboxylic acids is 1. The van der Waals surface area contributed by atoms with Gasteiger partial charge in [-0.3, -0.25) is 4.79 Å². The van der Waals surface area contributed by atoms with Crippen LogP contribution in [-0.2, 0) is 4.79 Å². The lowest BCUT2D eigenvalue weighted by Crippen LogP contribution is -2.71. The number of aliphatic hydroxyl groups is 4. The Morgan fingerprint density at radius 1 is 0.917 bits per heavy atom. The van der Waals surface area contributed by atoms with Crippen molar-refractivity contribution in [1.29, 1.82) is 0 Å². The van der Waals surface area contributed by atoms with Gasteiger partial charge in [-0.1, -0.05) is 53.2 Å². The van der Waals surface area contributed by atoms with E-state index in [1.165, 1.54) is 5.57 Å². The first kappa shape index (κ1) is 26.6. The van der Waals surface area contributed by atoms with E-state index in [4.69, 9.17) is 0 Å².